The van der Waals surface area contributed by atoms with Crippen LogP contribution >= 0.6 is 22.9 Å². The van der Waals surface area contributed by atoms with Crippen molar-refractivity contribution in [3.63, 3.8) is 0 Å². The molecule has 0 aliphatic rings. The first-order valence-corrected chi connectivity index (χ1v) is 10.4. The lowest BCUT2D eigenvalue weighted by Gasteiger charge is -2.16. The highest BCUT2D eigenvalue weighted by molar-refractivity contribution is 7.89. The number of esters is 1. The molecule has 1 aromatic carbocycles. The summed E-state index contributed by atoms with van der Waals surface area (Å²) in [6.07, 6.45) is 1.40. The van der Waals surface area contributed by atoms with Gasteiger partial charge in [-0.25, -0.2) is 13.4 Å². The van der Waals surface area contributed by atoms with E-state index in [-0.39, 0.29) is 11.5 Å². The zero-order chi connectivity index (χ0) is 19.4. The molecule has 0 unspecified atom stereocenters. The van der Waals surface area contributed by atoms with Crippen molar-refractivity contribution < 1.29 is 22.4 Å². The minimum Gasteiger partial charge on any atom is -0.458 e. The molecule has 0 radical (unpaired) electrons. The van der Waals surface area contributed by atoms with Crippen LogP contribution in [0.15, 0.2) is 57.4 Å². The Morgan fingerprint density at radius 3 is 2.70 bits per heavy atom. The van der Waals surface area contributed by atoms with Gasteiger partial charge in [-0.3, -0.25) is 4.79 Å². The van der Waals surface area contributed by atoms with Gasteiger partial charge in [-0.05, 0) is 35.7 Å². The molecule has 0 aliphatic heterocycles. The fraction of sp³-hybridized carbons (Fsp3) is 0.176. The average molecular weight is 427 g/mol. The molecule has 0 atom stereocenters. The Balaban J connectivity index is 1.56. The number of sulfonamides is 1. The molecule has 0 aliphatic carbocycles. The van der Waals surface area contributed by atoms with Crippen LogP contribution in [0.5, 0.6) is 0 Å². The van der Waals surface area contributed by atoms with Crippen molar-refractivity contribution in [3.8, 4) is 10.8 Å². The molecule has 0 N–H and O–H groups in total. The predicted octanol–water partition coefficient (Wildman–Crippen LogP) is 3.42. The van der Waals surface area contributed by atoms with Crippen LogP contribution in [0.2, 0.25) is 5.02 Å². The van der Waals surface area contributed by atoms with E-state index < -0.39 is 22.5 Å². The molecule has 2 aromatic heterocycles. The predicted molar refractivity (Wildman–Crippen MR) is 101 cm³/mol. The summed E-state index contributed by atoms with van der Waals surface area (Å²) in [4.78, 5) is 17.1. The molecule has 0 fully saturated rings. The highest BCUT2D eigenvalue weighted by Gasteiger charge is 2.23. The van der Waals surface area contributed by atoms with Gasteiger partial charge in [-0.1, -0.05) is 17.7 Å². The number of thiophene rings is 1. The van der Waals surface area contributed by atoms with Gasteiger partial charge in [-0.15, -0.1) is 11.3 Å². The lowest BCUT2D eigenvalue weighted by atomic mass is 10.4. The van der Waals surface area contributed by atoms with Crippen molar-refractivity contribution in [2.75, 3.05) is 13.6 Å². The van der Waals surface area contributed by atoms with E-state index >= 15 is 0 Å². The molecule has 7 nitrogen and oxygen atoms in total. The van der Waals surface area contributed by atoms with E-state index in [4.69, 9.17) is 20.8 Å². The lowest BCUT2D eigenvalue weighted by Crippen LogP contribution is -2.33. The zero-order valence-electron chi connectivity index (χ0n) is 14.2. The normalized spacial score (nSPS) is 11.7. The number of hydrogen-bond acceptors (Lipinski definition) is 7. The molecular formula is C17H15ClN2O5S2. The van der Waals surface area contributed by atoms with Gasteiger partial charge in [0.1, 0.15) is 25.1 Å². The van der Waals surface area contributed by atoms with E-state index in [1.165, 1.54) is 48.9 Å². The number of carbonyl (C=O) groups excluding carboxylic acids is 1. The standard InChI is InChI=1S/C17H15ClN2O5S2/c1-20(27(22,23)14-6-4-12(18)5-7-14)9-16(21)24-10-13-11-25-17(19-13)15-3-2-8-26-15/h2-8,11H,9-10H2,1H3. The number of ether oxygens (including phenoxy) is 1. The van der Waals surface area contributed by atoms with Crippen molar-refractivity contribution in [1.29, 1.82) is 0 Å². The smallest absolute Gasteiger partial charge is 0.321 e. The second kappa shape index (κ2) is 8.22. The molecule has 0 saturated carbocycles. The number of carbonyl (C=O) groups is 1. The van der Waals surface area contributed by atoms with Crippen LogP contribution in [0, 0.1) is 0 Å². The highest BCUT2D eigenvalue weighted by atomic mass is 35.5. The third-order valence-electron chi connectivity index (χ3n) is 3.54. The van der Waals surface area contributed by atoms with E-state index in [9.17, 15) is 13.2 Å². The van der Waals surface area contributed by atoms with Gasteiger partial charge in [0.15, 0.2) is 0 Å². The highest BCUT2D eigenvalue weighted by Crippen LogP contribution is 2.24. The SMILES string of the molecule is CN(CC(=O)OCc1coc(-c2cccs2)n1)S(=O)(=O)c1ccc(Cl)cc1. The fourth-order valence-corrected chi connectivity index (χ4v) is 4.04. The van der Waals surface area contributed by atoms with E-state index in [2.05, 4.69) is 4.98 Å². The quantitative estimate of drug-likeness (QED) is 0.538. The zero-order valence-corrected chi connectivity index (χ0v) is 16.6. The molecule has 0 spiro atoms. The number of halogens is 1. The van der Waals surface area contributed by atoms with Crippen LogP contribution in [-0.4, -0.2) is 37.3 Å². The largest absolute Gasteiger partial charge is 0.458 e. The maximum Gasteiger partial charge on any atom is 0.321 e. The molecule has 142 valence electrons. The molecule has 27 heavy (non-hydrogen) atoms. The molecule has 2 heterocycles. The second-order valence-corrected chi connectivity index (χ2v) is 8.93. The molecule has 10 heteroatoms. The van der Waals surface area contributed by atoms with Crippen LogP contribution in [0.4, 0.5) is 0 Å². The van der Waals surface area contributed by atoms with Crippen LogP contribution in [0.1, 0.15) is 5.69 Å². The number of aromatic nitrogens is 1. The molecule has 0 saturated heterocycles. The van der Waals surface area contributed by atoms with Gasteiger partial charge < -0.3 is 9.15 Å². The first-order valence-electron chi connectivity index (χ1n) is 7.72. The fourth-order valence-electron chi connectivity index (χ4n) is 2.14. The minimum atomic E-state index is -3.82. The van der Waals surface area contributed by atoms with Crippen LogP contribution < -0.4 is 0 Å². The lowest BCUT2D eigenvalue weighted by molar-refractivity contribution is -0.145. The van der Waals surface area contributed by atoms with Crippen molar-refractivity contribution in [2.45, 2.75) is 11.5 Å². The summed E-state index contributed by atoms with van der Waals surface area (Å²) < 4.78 is 36.2. The Bertz CT molecular complexity index is 1010. The number of oxazole rings is 1. The number of benzene rings is 1. The van der Waals surface area contributed by atoms with Gasteiger partial charge >= 0.3 is 5.97 Å². The summed E-state index contributed by atoms with van der Waals surface area (Å²) >= 11 is 7.24. The topological polar surface area (TPSA) is 89.7 Å². The third-order valence-corrected chi connectivity index (χ3v) is 6.47. The Kier molecular flexibility index (Phi) is 5.95. The summed E-state index contributed by atoms with van der Waals surface area (Å²) in [5.74, 6) is -0.255. The molecule has 3 aromatic rings. The van der Waals surface area contributed by atoms with Crippen molar-refractivity contribution in [1.82, 2.24) is 9.29 Å². The Labute approximate surface area is 165 Å². The summed E-state index contributed by atoms with van der Waals surface area (Å²) in [5, 5.41) is 2.32. The van der Waals surface area contributed by atoms with Gasteiger partial charge in [0.25, 0.3) is 0 Å². The molecular weight excluding hydrogens is 412 g/mol. The van der Waals surface area contributed by atoms with Crippen LogP contribution in [0.25, 0.3) is 10.8 Å². The van der Waals surface area contributed by atoms with Gasteiger partial charge in [0, 0.05) is 12.1 Å². The van der Waals surface area contributed by atoms with Gasteiger partial charge in [-0.2, -0.15) is 4.31 Å². The van der Waals surface area contributed by atoms with E-state index in [0.29, 0.717) is 16.6 Å². The second-order valence-electron chi connectivity index (χ2n) is 5.50. The Morgan fingerprint density at radius 2 is 2.04 bits per heavy atom. The first-order chi connectivity index (χ1) is 12.9. The maximum atomic E-state index is 12.4. The van der Waals surface area contributed by atoms with E-state index in [1.54, 1.807) is 0 Å². The van der Waals surface area contributed by atoms with Gasteiger partial charge in [0.05, 0.1) is 9.77 Å². The maximum absolute atomic E-state index is 12.4. The molecule has 3 rings (SSSR count). The summed E-state index contributed by atoms with van der Waals surface area (Å²) in [5.41, 5.74) is 0.440. The van der Waals surface area contributed by atoms with Crippen LogP contribution in [-0.2, 0) is 26.2 Å². The monoisotopic (exact) mass is 426 g/mol. The van der Waals surface area contributed by atoms with Crippen LogP contribution in [0.3, 0.4) is 0 Å². The number of hydrogen-bond donors (Lipinski definition) is 0. The molecule has 0 amide bonds. The Hall–Kier alpha value is -2.20. The number of nitrogens with zero attached hydrogens (tertiary/aromatic N) is 2. The third kappa shape index (κ3) is 4.75. The van der Waals surface area contributed by atoms with Gasteiger partial charge in [0.2, 0.25) is 15.9 Å². The van der Waals surface area contributed by atoms with Crippen molar-refractivity contribution in [3.05, 3.63) is 58.8 Å². The average Bonchev–Trinajstić information content (AvgIpc) is 3.31. The summed E-state index contributed by atoms with van der Waals surface area (Å²) in [6, 6.07) is 9.43. The number of likely N-dealkylation sites (N-methyl/N-ethyl adjacent to an activating group) is 1. The number of rotatable bonds is 7. The van der Waals surface area contributed by atoms with E-state index in [1.807, 2.05) is 17.5 Å². The first kappa shape index (κ1) is 19.6. The minimum absolute atomic E-state index is 0.0410. The van der Waals surface area contributed by atoms with Crippen molar-refractivity contribution >= 4 is 38.9 Å². The Morgan fingerprint density at radius 1 is 1.30 bits per heavy atom. The van der Waals surface area contributed by atoms with Crippen molar-refractivity contribution in [2.24, 2.45) is 0 Å². The molecule has 0 bridgehead atoms. The van der Waals surface area contributed by atoms with E-state index in [0.717, 1.165) is 9.18 Å². The summed E-state index contributed by atoms with van der Waals surface area (Å²) in [6.45, 7) is -0.539. The summed E-state index contributed by atoms with van der Waals surface area (Å²) in [7, 11) is -2.52.